The lowest BCUT2D eigenvalue weighted by molar-refractivity contribution is -0.137. The van der Waals surface area contributed by atoms with Crippen LogP contribution in [0.5, 0.6) is 0 Å². The van der Waals surface area contributed by atoms with Crippen molar-refractivity contribution in [3.8, 4) is 0 Å². The van der Waals surface area contributed by atoms with Gasteiger partial charge in [-0.3, -0.25) is 9.59 Å². The highest BCUT2D eigenvalue weighted by molar-refractivity contribution is 8.23. The summed E-state index contributed by atoms with van der Waals surface area (Å²) in [4.78, 5) is 27.3. The first-order valence-electron chi connectivity index (χ1n) is 8.31. The van der Waals surface area contributed by atoms with E-state index in [-0.39, 0.29) is 23.9 Å². The van der Waals surface area contributed by atoms with E-state index in [9.17, 15) is 22.8 Å². The average molecular weight is 456 g/mol. The first-order chi connectivity index (χ1) is 13.0. The van der Waals surface area contributed by atoms with Gasteiger partial charge in [-0.1, -0.05) is 35.6 Å². The van der Waals surface area contributed by atoms with Crippen LogP contribution in [0.4, 0.5) is 18.9 Å². The summed E-state index contributed by atoms with van der Waals surface area (Å²) in [5.74, 6) is -0.873. The van der Waals surface area contributed by atoms with Gasteiger partial charge in [0.1, 0.15) is 4.32 Å². The molecule has 1 rings (SSSR count). The van der Waals surface area contributed by atoms with Crippen molar-refractivity contribution in [1.82, 2.24) is 9.80 Å². The van der Waals surface area contributed by atoms with Crippen molar-refractivity contribution >= 4 is 57.4 Å². The van der Waals surface area contributed by atoms with Crippen molar-refractivity contribution in [3.63, 3.8) is 0 Å². The highest BCUT2D eigenvalue weighted by Gasteiger charge is 2.33. The number of rotatable bonds is 7. The molecule has 1 aromatic carbocycles. The Labute approximate surface area is 176 Å². The van der Waals surface area contributed by atoms with Gasteiger partial charge in [0.15, 0.2) is 0 Å². The van der Waals surface area contributed by atoms with Gasteiger partial charge in [-0.2, -0.15) is 13.2 Å². The average Bonchev–Trinajstić information content (AvgIpc) is 2.61. The molecule has 0 radical (unpaired) electrons. The first kappa shape index (κ1) is 24.5. The maximum atomic E-state index is 12.9. The van der Waals surface area contributed by atoms with Crippen molar-refractivity contribution in [2.24, 2.45) is 0 Å². The van der Waals surface area contributed by atoms with E-state index < -0.39 is 22.7 Å². The Hall–Kier alpha value is -1.52. The van der Waals surface area contributed by atoms with Crippen LogP contribution in [0.1, 0.15) is 19.4 Å². The molecule has 5 nitrogen and oxygen atoms in total. The Kier molecular flexibility index (Phi) is 9.52. The Morgan fingerprint density at radius 1 is 1.25 bits per heavy atom. The molecule has 0 fully saturated rings. The summed E-state index contributed by atoms with van der Waals surface area (Å²) in [6.07, 6.45) is -4.63. The first-order valence-corrected chi connectivity index (χ1v) is 10.1. The van der Waals surface area contributed by atoms with E-state index in [1.807, 2.05) is 18.7 Å². The van der Waals surface area contributed by atoms with Crippen molar-refractivity contribution in [3.05, 3.63) is 28.8 Å². The van der Waals surface area contributed by atoms with E-state index in [1.165, 1.54) is 29.8 Å². The molecule has 0 heterocycles. The summed E-state index contributed by atoms with van der Waals surface area (Å²) in [6, 6.07) is 3.07. The minimum atomic E-state index is -4.63. The fourth-order valence-corrected chi connectivity index (χ4v) is 3.70. The Morgan fingerprint density at radius 3 is 2.39 bits per heavy atom. The largest absolute Gasteiger partial charge is 0.417 e. The summed E-state index contributed by atoms with van der Waals surface area (Å²) >= 11 is 12.0. The molecule has 0 aliphatic heterocycles. The number of anilines is 1. The van der Waals surface area contributed by atoms with Crippen LogP contribution in [0.3, 0.4) is 0 Å². The van der Waals surface area contributed by atoms with E-state index in [1.54, 1.807) is 0 Å². The monoisotopic (exact) mass is 455 g/mol. The van der Waals surface area contributed by atoms with Crippen molar-refractivity contribution < 1.29 is 22.8 Å². The predicted molar refractivity (Wildman–Crippen MR) is 111 cm³/mol. The minimum absolute atomic E-state index is 0.0559. The van der Waals surface area contributed by atoms with Gasteiger partial charge in [-0.15, -0.1) is 0 Å². The molecule has 11 heteroatoms. The third-order valence-corrected chi connectivity index (χ3v) is 5.54. The molecule has 0 spiro atoms. The summed E-state index contributed by atoms with van der Waals surface area (Å²) in [5.41, 5.74) is -1.10. The minimum Gasteiger partial charge on any atom is -0.358 e. The van der Waals surface area contributed by atoms with E-state index >= 15 is 0 Å². The van der Waals surface area contributed by atoms with Crippen LogP contribution in [-0.2, 0) is 15.8 Å². The van der Waals surface area contributed by atoms with Gasteiger partial charge in [0.2, 0.25) is 11.8 Å². The van der Waals surface area contributed by atoms with Gasteiger partial charge in [0.05, 0.1) is 22.9 Å². The molecule has 1 N–H and O–H groups in total. The van der Waals surface area contributed by atoms with Crippen LogP contribution in [0.2, 0.25) is 5.02 Å². The molecule has 0 aliphatic carbocycles. The lowest BCUT2D eigenvalue weighted by Crippen LogP contribution is -2.36. The second kappa shape index (κ2) is 10.9. The number of hydrogen-bond acceptors (Lipinski definition) is 4. The Balaban J connectivity index is 2.61. The maximum absolute atomic E-state index is 12.9. The van der Waals surface area contributed by atoms with Gasteiger partial charge in [-0.25, -0.2) is 0 Å². The van der Waals surface area contributed by atoms with Crippen LogP contribution in [-0.4, -0.2) is 58.4 Å². The molecule has 0 aliphatic rings. The summed E-state index contributed by atoms with van der Waals surface area (Å²) in [5, 5.41) is 1.88. The fraction of sp³-hybridized carbons (Fsp3) is 0.471. The molecule has 156 valence electrons. The maximum Gasteiger partial charge on any atom is 0.417 e. The van der Waals surface area contributed by atoms with Gasteiger partial charge in [0, 0.05) is 25.8 Å². The van der Waals surface area contributed by atoms with Crippen LogP contribution in [0.25, 0.3) is 0 Å². The number of nitrogens with one attached hydrogen (secondary N) is 1. The molecule has 2 amide bonds. The number of amides is 2. The molecule has 0 saturated heterocycles. The van der Waals surface area contributed by atoms with Crippen molar-refractivity contribution in [2.75, 3.05) is 37.8 Å². The summed E-state index contributed by atoms with van der Waals surface area (Å²) in [7, 11) is 1.44. The lowest BCUT2D eigenvalue weighted by Gasteiger charge is -2.22. The quantitative estimate of drug-likeness (QED) is 0.627. The Bertz CT molecular complexity index is 728. The molecule has 0 aromatic heterocycles. The Morgan fingerprint density at radius 2 is 1.86 bits per heavy atom. The standard InChI is InChI=1S/C17H21ClF3N3O2S2/c1-4-24(5-2)16(27)28-10-15(26)23(3)9-14(25)22-11-6-7-13(18)12(8-11)17(19,20)21/h6-8H,4-5,9-10H2,1-3H3,(H,22,25). The normalized spacial score (nSPS) is 11.1. The number of hydrogen-bond donors (Lipinski definition) is 1. The number of carbonyl (C=O) groups is 2. The number of thioether (sulfide) groups is 1. The molecule has 0 bridgehead atoms. The number of halogens is 4. The molecule has 28 heavy (non-hydrogen) atoms. The molecular formula is C17H21ClF3N3O2S2. The molecule has 0 atom stereocenters. The van der Waals surface area contributed by atoms with E-state index in [0.717, 1.165) is 25.2 Å². The zero-order valence-corrected chi connectivity index (χ0v) is 18.0. The van der Waals surface area contributed by atoms with Crippen LogP contribution in [0, 0.1) is 0 Å². The van der Waals surface area contributed by atoms with Crippen LogP contribution >= 0.6 is 35.6 Å². The summed E-state index contributed by atoms with van der Waals surface area (Å²) < 4.78 is 39.2. The number of benzene rings is 1. The number of carbonyl (C=O) groups excluding carboxylic acids is 2. The summed E-state index contributed by atoms with van der Waals surface area (Å²) in [6.45, 7) is 5.07. The topological polar surface area (TPSA) is 52.7 Å². The fourth-order valence-electron chi connectivity index (χ4n) is 2.13. The molecule has 1 aromatic rings. The van der Waals surface area contributed by atoms with Gasteiger partial charge in [-0.05, 0) is 32.0 Å². The second-order valence-electron chi connectivity index (χ2n) is 5.72. The molecule has 0 unspecified atom stereocenters. The van der Waals surface area contributed by atoms with E-state index in [2.05, 4.69) is 5.32 Å². The number of alkyl halides is 3. The SMILES string of the molecule is CCN(CC)C(=S)SCC(=O)N(C)CC(=O)Nc1ccc(Cl)c(C(F)(F)F)c1. The van der Waals surface area contributed by atoms with Crippen LogP contribution < -0.4 is 5.32 Å². The van der Waals surface area contributed by atoms with Gasteiger partial charge < -0.3 is 15.1 Å². The van der Waals surface area contributed by atoms with E-state index in [4.69, 9.17) is 23.8 Å². The third-order valence-electron chi connectivity index (χ3n) is 3.70. The highest BCUT2D eigenvalue weighted by Crippen LogP contribution is 2.36. The predicted octanol–water partition coefficient (Wildman–Crippen LogP) is 4.12. The number of nitrogens with zero attached hydrogens (tertiary/aromatic N) is 2. The lowest BCUT2D eigenvalue weighted by atomic mass is 10.2. The van der Waals surface area contributed by atoms with Crippen molar-refractivity contribution in [1.29, 1.82) is 0 Å². The highest BCUT2D eigenvalue weighted by atomic mass is 35.5. The van der Waals surface area contributed by atoms with Gasteiger partial charge >= 0.3 is 6.18 Å². The smallest absolute Gasteiger partial charge is 0.358 e. The van der Waals surface area contributed by atoms with Crippen LogP contribution in [0.15, 0.2) is 18.2 Å². The number of likely N-dealkylation sites (N-methyl/N-ethyl adjacent to an activating group) is 1. The second-order valence-corrected chi connectivity index (χ2v) is 7.73. The van der Waals surface area contributed by atoms with E-state index in [0.29, 0.717) is 4.32 Å². The van der Waals surface area contributed by atoms with Crippen molar-refractivity contribution in [2.45, 2.75) is 20.0 Å². The zero-order chi connectivity index (χ0) is 21.5. The third kappa shape index (κ3) is 7.48. The van der Waals surface area contributed by atoms with Gasteiger partial charge in [0.25, 0.3) is 0 Å². The zero-order valence-electron chi connectivity index (χ0n) is 15.6. The number of thiocarbonyl (C=S) groups is 1. The molecular weight excluding hydrogens is 435 g/mol. The molecule has 0 saturated carbocycles.